The van der Waals surface area contributed by atoms with Gasteiger partial charge in [0.25, 0.3) is 0 Å². The first-order valence-corrected chi connectivity index (χ1v) is 7.23. The van der Waals surface area contributed by atoms with Crippen molar-refractivity contribution in [2.45, 2.75) is 18.2 Å². The summed E-state index contributed by atoms with van der Waals surface area (Å²) in [4.78, 5) is 10.5. The van der Waals surface area contributed by atoms with Crippen molar-refractivity contribution >= 4 is 38.5 Å². The van der Waals surface area contributed by atoms with E-state index in [9.17, 15) is 18.0 Å². The number of hydrogen-bond donors (Lipinski definition) is 1. The molecule has 1 heterocycles. The minimum atomic E-state index is -5.84. The Morgan fingerprint density at radius 1 is 1.56 bits per heavy atom. The lowest BCUT2D eigenvalue weighted by molar-refractivity contribution is -0.109. The van der Waals surface area contributed by atoms with Crippen molar-refractivity contribution in [1.82, 2.24) is 9.59 Å². The third kappa shape index (κ3) is 7.58. The van der Waals surface area contributed by atoms with Crippen molar-refractivity contribution in [3.05, 3.63) is 11.1 Å². The molecule has 0 fully saturated rings. The molecule has 1 aromatic rings. The van der Waals surface area contributed by atoms with Crippen LogP contribution >= 0.6 is 23.3 Å². The Labute approximate surface area is 108 Å². The Kier molecular flexibility index (Phi) is 6.73. The minimum absolute atomic E-state index is 0.119. The summed E-state index contributed by atoms with van der Waals surface area (Å²) >= 11 is 2.56. The zero-order chi connectivity index (χ0) is 14.4. The van der Waals surface area contributed by atoms with Crippen molar-refractivity contribution < 1.29 is 30.9 Å². The van der Waals surface area contributed by atoms with Gasteiger partial charge in [0.2, 0.25) is 0 Å². The van der Waals surface area contributed by atoms with E-state index >= 15 is 0 Å². The fraction of sp³-hybridized carbons (Fsp3) is 0.500. The largest absolute Gasteiger partial charge is 0.522 e. The highest BCUT2D eigenvalue weighted by atomic mass is 32.2. The van der Waals surface area contributed by atoms with Gasteiger partial charge in [-0.1, -0.05) is 16.3 Å². The van der Waals surface area contributed by atoms with Crippen molar-refractivity contribution in [3.8, 4) is 0 Å². The number of hydrogen-bond acceptors (Lipinski definition) is 7. The molecule has 0 atom stereocenters. The third-order valence-corrected chi connectivity index (χ3v) is 3.11. The second kappa shape index (κ2) is 7.01. The summed E-state index contributed by atoms with van der Waals surface area (Å²) < 4.78 is 61.2. The van der Waals surface area contributed by atoms with Gasteiger partial charge in [-0.3, -0.25) is 9.35 Å². The normalized spacial score (nSPS) is 11.6. The van der Waals surface area contributed by atoms with E-state index < -0.39 is 15.6 Å². The molecule has 0 saturated carbocycles. The lowest BCUT2D eigenvalue weighted by Gasteiger charge is -1.97. The molecular weight excluding hydrogens is 317 g/mol. The molecule has 1 aromatic heterocycles. The lowest BCUT2D eigenvalue weighted by Crippen LogP contribution is -2.21. The molecule has 1 rings (SSSR count). The molecule has 18 heavy (non-hydrogen) atoms. The molecule has 0 spiro atoms. The van der Waals surface area contributed by atoms with Crippen molar-refractivity contribution in [2.75, 3.05) is 0 Å². The first-order chi connectivity index (χ1) is 8.04. The molecule has 0 aliphatic heterocycles. The highest BCUT2D eigenvalue weighted by Crippen LogP contribution is 2.20. The maximum absolute atomic E-state index is 10.7. The first kappa shape index (κ1) is 17.3. The number of carbonyl (C=O) groups excluding carboxylic acids is 1. The van der Waals surface area contributed by atoms with Crippen LogP contribution in [0.3, 0.4) is 0 Å². The molecule has 0 aliphatic carbocycles. The summed E-state index contributed by atoms with van der Waals surface area (Å²) in [6, 6.07) is 0. The molecular formula is C6H7F3N2O4S3. The lowest BCUT2D eigenvalue weighted by atomic mass is 10.6. The van der Waals surface area contributed by atoms with Crippen LogP contribution in [0.1, 0.15) is 12.6 Å². The number of alkyl halides is 3. The van der Waals surface area contributed by atoms with E-state index in [1.165, 1.54) is 23.3 Å². The Balaban J connectivity index is 0.000000331. The minimum Gasteiger partial charge on any atom is -0.288 e. The van der Waals surface area contributed by atoms with Crippen molar-refractivity contribution in [1.29, 1.82) is 0 Å². The summed E-state index contributed by atoms with van der Waals surface area (Å²) in [6.07, 6.45) is 0. The predicted octanol–water partition coefficient (Wildman–Crippen LogP) is 1.71. The van der Waals surface area contributed by atoms with Crippen LogP contribution in [0.15, 0.2) is 5.38 Å². The van der Waals surface area contributed by atoms with E-state index in [4.69, 9.17) is 13.0 Å². The Hall–Kier alpha value is -0.720. The Bertz CT molecular complexity index is 471. The van der Waals surface area contributed by atoms with Gasteiger partial charge in [-0.15, -0.1) is 5.10 Å². The van der Waals surface area contributed by atoms with E-state index in [0.717, 1.165) is 5.69 Å². The summed E-state index contributed by atoms with van der Waals surface area (Å²) in [5.41, 5.74) is -4.65. The number of rotatable bonds is 2. The van der Waals surface area contributed by atoms with Gasteiger partial charge in [-0.25, -0.2) is 0 Å². The first-order valence-electron chi connectivity index (χ1n) is 3.97. The molecule has 6 nitrogen and oxygen atoms in total. The number of nitrogens with zero attached hydrogens (tertiary/aromatic N) is 2. The van der Waals surface area contributed by atoms with E-state index in [-0.39, 0.29) is 5.12 Å². The van der Waals surface area contributed by atoms with Crippen LogP contribution in [-0.4, -0.2) is 33.2 Å². The average Bonchev–Trinajstić information content (AvgIpc) is 2.64. The molecule has 0 radical (unpaired) electrons. The van der Waals surface area contributed by atoms with Gasteiger partial charge in [0, 0.05) is 18.1 Å². The Morgan fingerprint density at radius 2 is 2.06 bits per heavy atom. The van der Waals surface area contributed by atoms with Crippen LogP contribution in [0.4, 0.5) is 13.2 Å². The van der Waals surface area contributed by atoms with Gasteiger partial charge in [0.1, 0.15) is 0 Å². The molecule has 0 amide bonds. The van der Waals surface area contributed by atoms with Gasteiger partial charge in [-0.2, -0.15) is 21.6 Å². The molecule has 1 N–H and O–H groups in total. The monoisotopic (exact) mass is 324 g/mol. The zero-order valence-electron chi connectivity index (χ0n) is 8.71. The van der Waals surface area contributed by atoms with Crippen molar-refractivity contribution in [3.63, 3.8) is 0 Å². The van der Waals surface area contributed by atoms with Crippen LogP contribution in [0.2, 0.25) is 0 Å². The highest BCUT2D eigenvalue weighted by molar-refractivity contribution is 8.12. The third-order valence-electron chi connectivity index (χ3n) is 1.12. The van der Waals surface area contributed by atoms with E-state index in [0.29, 0.717) is 5.75 Å². The van der Waals surface area contributed by atoms with Gasteiger partial charge >= 0.3 is 15.6 Å². The fourth-order valence-electron chi connectivity index (χ4n) is 0.422. The van der Waals surface area contributed by atoms with Crippen LogP contribution in [0.5, 0.6) is 0 Å². The summed E-state index contributed by atoms with van der Waals surface area (Å²) in [7, 11) is -5.84. The maximum atomic E-state index is 10.7. The van der Waals surface area contributed by atoms with Gasteiger partial charge in [0.05, 0.1) is 5.69 Å². The van der Waals surface area contributed by atoms with E-state index in [1.807, 2.05) is 5.38 Å². The van der Waals surface area contributed by atoms with Crippen LogP contribution < -0.4 is 0 Å². The zero-order valence-corrected chi connectivity index (χ0v) is 11.2. The summed E-state index contributed by atoms with van der Waals surface area (Å²) in [5, 5.41) is 5.75. The average molecular weight is 324 g/mol. The second-order valence-corrected chi connectivity index (χ2v) is 5.77. The molecule has 0 bridgehead atoms. The van der Waals surface area contributed by atoms with Crippen LogP contribution in [-0.2, 0) is 20.7 Å². The van der Waals surface area contributed by atoms with E-state index in [2.05, 4.69) is 9.59 Å². The maximum Gasteiger partial charge on any atom is 0.522 e. The van der Waals surface area contributed by atoms with Crippen LogP contribution in [0.25, 0.3) is 0 Å². The number of thioether (sulfide) groups is 1. The van der Waals surface area contributed by atoms with Gasteiger partial charge < -0.3 is 0 Å². The molecule has 0 aliphatic rings. The highest BCUT2D eigenvalue weighted by Gasteiger charge is 2.44. The Morgan fingerprint density at radius 3 is 2.33 bits per heavy atom. The van der Waals surface area contributed by atoms with Crippen LogP contribution in [0, 0.1) is 0 Å². The number of halogens is 3. The smallest absolute Gasteiger partial charge is 0.288 e. The molecule has 12 heteroatoms. The second-order valence-electron chi connectivity index (χ2n) is 2.60. The molecule has 0 aromatic carbocycles. The molecule has 0 saturated heterocycles. The summed E-state index contributed by atoms with van der Waals surface area (Å²) in [6.45, 7) is 1.55. The van der Waals surface area contributed by atoms with Gasteiger partial charge in [0.15, 0.2) is 5.12 Å². The molecule has 0 unspecified atom stereocenters. The van der Waals surface area contributed by atoms with Gasteiger partial charge in [-0.05, 0) is 11.5 Å². The SMILES string of the molecule is CC(=O)SCc1csnn1.O=S(=O)(O)C(F)(F)F. The predicted molar refractivity (Wildman–Crippen MR) is 59.5 cm³/mol. The van der Waals surface area contributed by atoms with Crippen molar-refractivity contribution in [2.24, 2.45) is 0 Å². The number of carbonyl (C=O) groups is 1. The van der Waals surface area contributed by atoms with E-state index in [1.54, 1.807) is 6.92 Å². The summed E-state index contributed by atoms with van der Waals surface area (Å²) in [5.74, 6) is 0.645. The quantitative estimate of drug-likeness (QED) is 0.653. The standard InChI is InChI=1S/C5H6N2OS2.CHF3O3S/c1-4(8)9-2-5-3-10-7-6-5;2-1(3,4)8(5,6)7/h3H,2H2,1H3;(H,5,6,7). The number of aromatic nitrogens is 2. The molecule has 104 valence electrons. The fourth-order valence-corrected chi connectivity index (χ4v) is 1.47. The topological polar surface area (TPSA) is 97.2 Å².